The molecule has 0 aliphatic carbocycles. The molecule has 0 saturated heterocycles. The van der Waals surface area contributed by atoms with Crippen LogP contribution in [0.5, 0.6) is 5.75 Å². The Balaban J connectivity index is 0.000000194. The number of methoxy groups -OCH3 is 2. The monoisotopic (exact) mass is 438 g/mol. The fraction of sp³-hybridized carbons (Fsp3) is 0.103. The van der Waals surface area contributed by atoms with Crippen molar-refractivity contribution in [1.29, 1.82) is 0 Å². The second-order valence-corrected chi connectivity index (χ2v) is 7.15. The minimum absolute atomic E-state index is 0.0752. The minimum atomic E-state index is -0.613. The quantitative estimate of drug-likeness (QED) is 0.323. The fourth-order valence-corrected chi connectivity index (χ4v) is 3.36. The lowest BCUT2D eigenvalue weighted by Crippen LogP contribution is -2.15. The molecule has 0 bridgehead atoms. The summed E-state index contributed by atoms with van der Waals surface area (Å²) in [6.07, 6.45) is -0.613. The van der Waals surface area contributed by atoms with Gasteiger partial charge in [-0.25, -0.2) is 0 Å². The maximum absolute atomic E-state index is 12.6. The van der Waals surface area contributed by atoms with Crippen LogP contribution in [-0.4, -0.2) is 25.8 Å². The van der Waals surface area contributed by atoms with Gasteiger partial charge < -0.3 is 9.47 Å². The Kier molecular flexibility index (Phi) is 8.69. The first kappa shape index (κ1) is 23.6. The van der Waals surface area contributed by atoms with Crippen molar-refractivity contribution in [2.45, 2.75) is 6.10 Å². The molecule has 33 heavy (non-hydrogen) atoms. The SMILES string of the molecule is COc1ccccc1C(=O)C(OC)c1ccccc1.O=C(c1ccccc1)c1ccccc1. The van der Waals surface area contributed by atoms with Crippen LogP contribution in [-0.2, 0) is 4.74 Å². The highest BCUT2D eigenvalue weighted by Crippen LogP contribution is 2.26. The van der Waals surface area contributed by atoms with Crippen molar-refractivity contribution in [3.8, 4) is 5.75 Å². The predicted molar refractivity (Wildman–Crippen MR) is 130 cm³/mol. The zero-order valence-electron chi connectivity index (χ0n) is 18.7. The van der Waals surface area contributed by atoms with Crippen molar-refractivity contribution < 1.29 is 19.1 Å². The van der Waals surface area contributed by atoms with E-state index in [2.05, 4.69) is 0 Å². The number of para-hydroxylation sites is 1. The van der Waals surface area contributed by atoms with E-state index in [1.54, 1.807) is 19.2 Å². The van der Waals surface area contributed by atoms with Gasteiger partial charge in [-0.05, 0) is 17.7 Å². The molecule has 0 heterocycles. The molecule has 1 atom stereocenters. The molecular weight excluding hydrogens is 412 g/mol. The van der Waals surface area contributed by atoms with Crippen LogP contribution in [0.15, 0.2) is 115 Å². The number of rotatable bonds is 7. The normalized spacial score (nSPS) is 11.0. The van der Waals surface area contributed by atoms with Gasteiger partial charge in [0.2, 0.25) is 0 Å². The predicted octanol–water partition coefficient (Wildman–Crippen LogP) is 6.18. The molecule has 1 unspecified atom stereocenters. The van der Waals surface area contributed by atoms with Crippen LogP contribution >= 0.6 is 0 Å². The Bertz CT molecular complexity index is 1110. The summed E-state index contributed by atoms with van der Waals surface area (Å²) in [5.41, 5.74) is 2.83. The minimum Gasteiger partial charge on any atom is -0.496 e. The van der Waals surface area contributed by atoms with Crippen molar-refractivity contribution in [3.05, 3.63) is 138 Å². The number of benzene rings is 4. The fourth-order valence-electron chi connectivity index (χ4n) is 3.36. The molecule has 0 aliphatic rings. The highest BCUT2D eigenvalue weighted by atomic mass is 16.5. The van der Waals surface area contributed by atoms with Gasteiger partial charge in [0.15, 0.2) is 11.6 Å². The number of ketones is 2. The van der Waals surface area contributed by atoms with Gasteiger partial charge in [0.05, 0.1) is 12.7 Å². The summed E-state index contributed by atoms with van der Waals surface area (Å²) in [4.78, 5) is 24.4. The molecule has 0 amide bonds. The first-order valence-electron chi connectivity index (χ1n) is 10.6. The van der Waals surface area contributed by atoms with Crippen LogP contribution in [0.3, 0.4) is 0 Å². The topological polar surface area (TPSA) is 52.6 Å². The molecule has 0 aromatic heterocycles. The van der Waals surface area contributed by atoms with Crippen molar-refractivity contribution in [2.75, 3.05) is 14.2 Å². The third kappa shape index (κ3) is 6.25. The average molecular weight is 439 g/mol. The molecule has 4 heteroatoms. The van der Waals surface area contributed by atoms with Gasteiger partial charge in [0.1, 0.15) is 11.9 Å². The van der Waals surface area contributed by atoms with E-state index in [4.69, 9.17) is 9.47 Å². The van der Waals surface area contributed by atoms with E-state index in [1.165, 1.54) is 7.11 Å². The number of carbonyl (C=O) groups is 2. The van der Waals surface area contributed by atoms with E-state index in [1.807, 2.05) is 103 Å². The van der Waals surface area contributed by atoms with Crippen LogP contribution in [0.4, 0.5) is 0 Å². The molecule has 4 rings (SSSR count). The van der Waals surface area contributed by atoms with Gasteiger partial charge in [0, 0.05) is 18.2 Å². The van der Waals surface area contributed by atoms with E-state index < -0.39 is 6.10 Å². The van der Waals surface area contributed by atoms with Crippen LogP contribution < -0.4 is 4.74 Å². The second kappa shape index (κ2) is 12.1. The molecule has 0 aliphatic heterocycles. The maximum atomic E-state index is 12.6. The molecule has 4 nitrogen and oxygen atoms in total. The summed E-state index contributed by atoms with van der Waals surface area (Å²) in [5.74, 6) is 0.530. The summed E-state index contributed by atoms with van der Waals surface area (Å²) in [6, 6.07) is 35.2. The lowest BCUT2D eigenvalue weighted by atomic mass is 9.99. The van der Waals surface area contributed by atoms with Crippen molar-refractivity contribution in [3.63, 3.8) is 0 Å². The van der Waals surface area contributed by atoms with Crippen LogP contribution in [0.1, 0.15) is 37.9 Å². The molecular formula is C29H26O4. The smallest absolute Gasteiger partial charge is 0.199 e. The molecule has 0 spiro atoms. The Hall–Kier alpha value is -4.02. The summed E-state index contributed by atoms with van der Waals surface area (Å²) in [6.45, 7) is 0. The van der Waals surface area contributed by atoms with Gasteiger partial charge in [-0.15, -0.1) is 0 Å². The van der Waals surface area contributed by atoms with Gasteiger partial charge >= 0.3 is 0 Å². The zero-order valence-corrected chi connectivity index (χ0v) is 18.7. The standard InChI is InChI=1S/C16H16O3.C13H10O/c1-18-14-11-7-6-10-13(14)15(17)16(19-2)12-8-4-3-5-9-12;14-13(11-7-3-1-4-8-11)12-9-5-2-6-10-12/h3-11,16H,1-2H3;1-10H. The number of hydrogen-bond acceptors (Lipinski definition) is 4. The van der Waals surface area contributed by atoms with Gasteiger partial charge in [-0.2, -0.15) is 0 Å². The Morgan fingerprint density at radius 3 is 1.55 bits per heavy atom. The first-order valence-corrected chi connectivity index (χ1v) is 10.6. The van der Waals surface area contributed by atoms with Gasteiger partial charge in [-0.1, -0.05) is 103 Å². The Morgan fingerprint density at radius 1 is 0.606 bits per heavy atom. The summed E-state index contributed by atoms with van der Waals surface area (Å²) >= 11 is 0. The third-order valence-corrected chi connectivity index (χ3v) is 5.02. The molecule has 0 N–H and O–H groups in total. The average Bonchev–Trinajstić information content (AvgIpc) is 2.90. The lowest BCUT2D eigenvalue weighted by Gasteiger charge is -2.16. The number of ether oxygens (including phenoxy) is 2. The largest absolute Gasteiger partial charge is 0.496 e. The van der Waals surface area contributed by atoms with Crippen molar-refractivity contribution in [1.82, 2.24) is 0 Å². The van der Waals surface area contributed by atoms with E-state index in [0.29, 0.717) is 11.3 Å². The van der Waals surface area contributed by atoms with E-state index in [9.17, 15) is 9.59 Å². The molecule has 4 aromatic rings. The zero-order chi connectivity index (χ0) is 23.5. The second-order valence-electron chi connectivity index (χ2n) is 7.15. The molecule has 0 radical (unpaired) electrons. The van der Waals surface area contributed by atoms with Crippen LogP contribution in [0.2, 0.25) is 0 Å². The number of Topliss-reactive ketones (excluding diaryl/α,β-unsaturated/α-hetero) is 1. The molecule has 0 saturated carbocycles. The van der Waals surface area contributed by atoms with Crippen molar-refractivity contribution >= 4 is 11.6 Å². The molecule has 166 valence electrons. The molecule has 4 aromatic carbocycles. The number of hydrogen-bond donors (Lipinski definition) is 0. The highest BCUT2D eigenvalue weighted by Gasteiger charge is 2.23. The van der Waals surface area contributed by atoms with Crippen LogP contribution in [0.25, 0.3) is 0 Å². The highest BCUT2D eigenvalue weighted by molar-refractivity contribution is 6.08. The molecule has 0 fully saturated rings. The number of carbonyl (C=O) groups excluding carboxylic acids is 2. The lowest BCUT2D eigenvalue weighted by molar-refractivity contribution is 0.0601. The van der Waals surface area contributed by atoms with E-state index in [0.717, 1.165) is 16.7 Å². The van der Waals surface area contributed by atoms with Gasteiger partial charge in [0.25, 0.3) is 0 Å². The summed E-state index contributed by atoms with van der Waals surface area (Å²) in [5, 5.41) is 0. The third-order valence-electron chi connectivity index (χ3n) is 5.02. The van der Waals surface area contributed by atoms with Crippen LogP contribution in [0, 0.1) is 0 Å². The summed E-state index contributed by atoms with van der Waals surface area (Å²) in [7, 11) is 3.08. The Morgan fingerprint density at radius 2 is 1.06 bits per heavy atom. The van der Waals surface area contributed by atoms with Gasteiger partial charge in [-0.3, -0.25) is 9.59 Å². The first-order chi connectivity index (χ1) is 16.2. The Labute approximate surface area is 194 Å². The van der Waals surface area contributed by atoms with E-state index in [-0.39, 0.29) is 11.6 Å². The summed E-state index contributed by atoms with van der Waals surface area (Å²) < 4.78 is 10.6. The van der Waals surface area contributed by atoms with Crippen molar-refractivity contribution in [2.24, 2.45) is 0 Å². The maximum Gasteiger partial charge on any atom is 0.199 e. The van der Waals surface area contributed by atoms with E-state index >= 15 is 0 Å².